The molecule has 0 amide bonds. The largest absolute Gasteiger partial charge is 0.0954 e. The quantitative estimate of drug-likeness (QED) is 0.148. The fraction of sp³-hybridized carbons (Fsp3) is 0.529. The van der Waals surface area contributed by atoms with E-state index in [1.165, 1.54) is 16.7 Å². The third-order valence-corrected chi connectivity index (χ3v) is 32.6. The van der Waals surface area contributed by atoms with Crippen LogP contribution in [0.4, 0.5) is 0 Å². The first kappa shape index (κ1) is 44.9. The Labute approximate surface area is 336 Å². The molecule has 0 aliphatic carbocycles. The predicted molar refractivity (Wildman–Crippen MR) is 255 cm³/mol. The third kappa shape index (κ3) is 8.26. The van der Waals surface area contributed by atoms with Crippen molar-refractivity contribution in [1.82, 2.24) is 0 Å². The Bertz CT molecular complexity index is 1540. The fourth-order valence-corrected chi connectivity index (χ4v) is 29.3. The second-order valence-corrected chi connectivity index (χ2v) is 37.5. The van der Waals surface area contributed by atoms with E-state index >= 15 is 0 Å². The lowest BCUT2D eigenvalue weighted by molar-refractivity contribution is 0.688. The number of hydrogen-bond acceptors (Lipinski definition) is 0. The van der Waals surface area contributed by atoms with E-state index in [2.05, 4.69) is 234 Å². The Balaban J connectivity index is 2.14. The van der Waals surface area contributed by atoms with Crippen molar-refractivity contribution in [1.29, 1.82) is 0 Å². The number of benzene rings is 4. The van der Waals surface area contributed by atoms with Gasteiger partial charge in [-0.3, -0.25) is 0 Å². The van der Waals surface area contributed by atoms with Crippen molar-refractivity contribution in [3.63, 3.8) is 0 Å². The Morgan fingerprint density at radius 2 is 0.444 bits per heavy atom. The zero-order valence-corrected chi connectivity index (χ0v) is 40.5. The lowest BCUT2D eigenvalue weighted by Crippen LogP contribution is -2.42. The SMILES string of the molecule is CC(C)(C)[P+](Cc1cc(C[P+](c2ccccc2)(C(C)(C)C)C(C)(C)C)cc(C[P+](c2ccccc2)(C(C)(C)C)C(C)(C)C)c1)(c1ccccc1)C(C)(C)C. The number of hydrogen-bond donors (Lipinski definition) is 0. The van der Waals surface area contributed by atoms with Crippen molar-refractivity contribution in [3.8, 4) is 0 Å². The second kappa shape index (κ2) is 15.5. The molecule has 0 saturated carbocycles. The molecule has 0 spiro atoms. The molecule has 0 radical (unpaired) electrons. The Morgan fingerprint density at radius 1 is 0.278 bits per heavy atom. The van der Waals surface area contributed by atoms with E-state index in [1.807, 2.05) is 0 Å². The average molecular weight is 784 g/mol. The summed E-state index contributed by atoms with van der Waals surface area (Å²) in [5.41, 5.74) is 4.60. The molecule has 0 bridgehead atoms. The molecule has 294 valence electrons. The highest BCUT2D eigenvalue weighted by Gasteiger charge is 2.62. The van der Waals surface area contributed by atoms with Crippen LogP contribution in [0.3, 0.4) is 0 Å². The van der Waals surface area contributed by atoms with Gasteiger partial charge in [-0.15, -0.1) is 0 Å². The summed E-state index contributed by atoms with van der Waals surface area (Å²) >= 11 is 0. The van der Waals surface area contributed by atoms with Crippen LogP contribution in [-0.4, -0.2) is 30.9 Å². The van der Waals surface area contributed by atoms with E-state index in [9.17, 15) is 0 Å². The fourth-order valence-electron chi connectivity index (χ4n) is 11.0. The molecule has 0 N–H and O–H groups in total. The smallest absolute Gasteiger partial charge is 0.0620 e. The summed E-state index contributed by atoms with van der Waals surface area (Å²) in [7, 11) is -5.42. The molecule has 0 aliphatic rings. The van der Waals surface area contributed by atoms with Gasteiger partial charge in [0.25, 0.3) is 0 Å². The highest BCUT2D eigenvalue weighted by atomic mass is 31.2. The molecule has 0 unspecified atom stereocenters. The predicted octanol–water partition coefficient (Wildman–Crippen LogP) is 15.0. The van der Waals surface area contributed by atoms with Crippen LogP contribution >= 0.6 is 21.8 Å². The second-order valence-electron chi connectivity index (χ2n) is 22.1. The molecule has 3 heteroatoms. The average Bonchev–Trinajstić information content (AvgIpc) is 3.02. The minimum absolute atomic E-state index is 0.123. The summed E-state index contributed by atoms with van der Waals surface area (Å²) in [5, 5.41) is 5.41. The van der Waals surface area contributed by atoms with Crippen LogP contribution in [0.15, 0.2) is 109 Å². The van der Waals surface area contributed by atoms with Gasteiger partial charge in [-0.2, -0.15) is 0 Å². The molecule has 0 heterocycles. The maximum Gasteiger partial charge on any atom is 0.0954 e. The molecule has 0 aliphatic heterocycles. The zero-order chi connectivity index (χ0) is 40.8. The topological polar surface area (TPSA) is 0 Å². The lowest BCUT2D eigenvalue weighted by Gasteiger charge is -2.48. The molecular formula is C51H78P3+3. The Kier molecular flexibility index (Phi) is 12.9. The van der Waals surface area contributed by atoms with E-state index in [0.717, 1.165) is 18.5 Å². The van der Waals surface area contributed by atoms with Crippen molar-refractivity contribution in [2.45, 2.75) is 174 Å². The first-order valence-electron chi connectivity index (χ1n) is 20.5. The van der Waals surface area contributed by atoms with Crippen LogP contribution < -0.4 is 15.9 Å². The standard InChI is InChI=1S/C51H78P3/c1-46(2,3)52(47(4,5)6,43-28-22-19-23-29-43)37-40-34-41(38-53(48(7,8)9,49(10,11)12)44-30-24-20-25-31-44)36-42(35-40)39-54(50(13,14)15,51(16,17)18)45-32-26-21-27-33-45/h19-36H,37-39H2,1-18H3/q+3. The summed E-state index contributed by atoms with van der Waals surface area (Å²) in [6.07, 6.45) is 3.32. The molecule has 0 saturated heterocycles. The van der Waals surface area contributed by atoms with E-state index in [4.69, 9.17) is 0 Å². The maximum absolute atomic E-state index is 2.69. The van der Waals surface area contributed by atoms with Gasteiger partial charge in [0.05, 0.1) is 87.1 Å². The van der Waals surface area contributed by atoms with Crippen molar-refractivity contribution in [2.24, 2.45) is 0 Å². The summed E-state index contributed by atoms with van der Waals surface area (Å²) in [6, 6.07) is 43.0. The highest BCUT2D eigenvalue weighted by Crippen LogP contribution is 2.80. The Morgan fingerprint density at radius 3 is 0.593 bits per heavy atom. The van der Waals surface area contributed by atoms with Crippen LogP contribution in [-0.2, 0) is 18.5 Å². The highest BCUT2D eigenvalue weighted by molar-refractivity contribution is 7.85. The van der Waals surface area contributed by atoms with Gasteiger partial charge in [0.15, 0.2) is 0 Å². The molecule has 0 atom stereocenters. The normalized spacial score (nSPS) is 14.3. The van der Waals surface area contributed by atoms with Crippen LogP contribution in [0.25, 0.3) is 0 Å². The molecule has 54 heavy (non-hydrogen) atoms. The van der Waals surface area contributed by atoms with Crippen LogP contribution in [0.1, 0.15) is 141 Å². The van der Waals surface area contributed by atoms with Crippen LogP contribution in [0.2, 0.25) is 0 Å². The van der Waals surface area contributed by atoms with Crippen molar-refractivity contribution < 1.29 is 0 Å². The zero-order valence-electron chi connectivity index (χ0n) is 37.9. The van der Waals surface area contributed by atoms with Crippen LogP contribution in [0.5, 0.6) is 0 Å². The van der Waals surface area contributed by atoms with Crippen molar-refractivity contribution >= 4 is 37.7 Å². The first-order valence-corrected chi connectivity index (χ1v) is 26.4. The van der Waals surface area contributed by atoms with Gasteiger partial charge >= 0.3 is 0 Å². The van der Waals surface area contributed by atoms with Crippen molar-refractivity contribution in [2.75, 3.05) is 0 Å². The molecular weight excluding hydrogens is 705 g/mol. The number of rotatable bonds is 9. The summed E-state index contributed by atoms with van der Waals surface area (Å²) in [6.45, 7) is 45.5. The maximum atomic E-state index is 2.69. The van der Waals surface area contributed by atoms with E-state index in [0.29, 0.717) is 0 Å². The van der Waals surface area contributed by atoms with Gasteiger partial charge in [-0.1, -0.05) is 54.6 Å². The molecule has 0 nitrogen and oxygen atoms in total. The third-order valence-electron chi connectivity index (χ3n) is 12.8. The molecule has 4 aromatic carbocycles. The minimum Gasteiger partial charge on any atom is -0.0620 e. The van der Waals surface area contributed by atoms with Gasteiger partial charge in [0.2, 0.25) is 0 Å². The summed E-state index contributed by atoms with van der Waals surface area (Å²) < 4.78 is 0. The van der Waals surface area contributed by atoms with Gasteiger partial charge in [0, 0.05) is 0 Å². The van der Waals surface area contributed by atoms with Crippen molar-refractivity contribution in [3.05, 3.63) is 126 Å². The van der Waals surface area contributed by atoms with Gasteiger partial charge in [0.1, 0.15) is 0 Å². The molecule has 0 aromatic heterocycles. The van der Waals surface area contributed by atoms with Gasteiger partial charge in [-0.25, -0.2) is 0 Å². The summed E-state index contributed by atoms with van der Waals surface area (Å²) in [5.74, 6) is 0. The van der Waals surface area contributed by atoms with Gasteiger partial charge in [-0.05, 0) is 196 Å². The van der Waals surface area contributed by atoms with E-state index in [-0.39, 0.29) is 30.9 Å². The Hall–Kier alpha value is -1.83. The van der Waals surface area contributed by atoms with E-state index in [1.54, 1.807) is 15.9 Å². The van der Waals surface area contributed by atoms with E-state index < -0.39 is 21.8 Å². The van der Waals surface area contributed by atoms with Gasteiger partial charge < -0.3 is 0 Å². The summed E-state index contributed by atoms with van der Waals surface area (Å²) in [4.78, 5) is 0. The molecule has 4 rings (SSSR count). The monoisotopic (exact) mass is 784 g/mol. The van der Waals surface area contributed by atoms with Crippen LogP contribution in [0, 0.1) is 0 Å². The lowest BCUT2D eigenvalue weighted by atomic mass is 10.1. The minimum atomic E-state index is -1.81. The molecule has 0 fully saturated rings. The molecule has 4 aromatic rings. The first-order chi connectivity index (χ1) is 24.6.